The fourth-order valence-corrected chi connectivity index (χ4v) is 2.08. The number of benzene rings is 1. The van der Waals surface area contributed by atoms with Crippen molar-refractivity contribution in [1.82, 2.24) is 19.7 Å². The summed E-state index contributed by atoms with van der Waals surface area (Å²) in [5.41, 5.74) is 1.89. The first kappa shape index (κ1) is 12.6. The summed E-state index contributed by atoms with van der Waals surface area (Å²) in [5.74, 6) is 1.45. The lowest BCUT2D eigenvalue weighted by Crippen LogP contribution is -2.08. The van der Waals surface area contributed by atoms with Crippen molar-refractivity contribution in [2.24, 2.45) is 0 Å². The quantitative estimate of drug-likeness (QED) is 0.789. The van der Waals surface area contributed by atoms with Gasteiger partial charge in [-0.05, 0) is 31.5 Å². The number of nitrogens with one attached hydrogen (secondary N) is 1. The zero-order valence-corrected chi connectivity index (χ0v) is 11.7. The predicted molar refractivity (Wildman–Crippen MR) is 80.2 cm³/mol. The first-order valence-corrected chi connectivity index (χ1v) is 6.81. The van der Waals surface area contributed by atoms with E-state index in [-0.39, 0.29) is 0 Å². The number of fused-ring (bicyclic) bond motifs is 1. The molecule has 5 nitrogen and oxygen atoms in total. The summed E-state index contributed by atoms with van der Waals surface area (Å²) in [6.07, 6.45) is 2.96. The molecule has 0 aliphatic rings. The van der Waals surface area contributed by atoms with Gasteiger partial charge in [0.1, 0.15) is 0 Å². The molecule has 0 aliphatic heterocycles. The van der Waals surface area contributed by atoms with Crippen LogP contribution in [0.1, 0.15) is 19.0 Å². The summed E-state index contributed by atoms with van der Waals surface area (Å²) < 4.78 is 1.80. The van der Waals surface area contributed by atoms with Gasteiger partial charge < -0.3 is 5.32 Å². The molecule has 0 fully saturated rings. The van der Waals surface area contributed by atoms with Gasteiger partial charge in [-0.1, -0.05) is 19.1 Å². The maximum atomic E-state index is 4.60. The second-order valence-electron chi connectivity index (χ2n) is 4.72. The summed E-state index contributed by atoms with van der Waals surface area (Å²) in [7, 11) is 0. The second kappa shape index (κ2) is 5.28. The van der Waals surface area contributed by atoms with E-state index in [1.807, 2.05) is 43.5 Å². The Morgan fingerprint density at radius 3 is 2.75 bits per heavy atom. The summed E-state index contributed by atoms with van der Waals surface area (Å²) in [6, 6.07) is 9.96. The zero-order chi connectivity index (χ0) is 13.9. The predicted octanol–water partition coefficient (Wildman–Crippen LogP) is 2.95. The molecule has 0 radical (unpaired) electrons. The van der Waals surface area contributed by atoms with E-state index in [2.05, 4.69) is 27.3 Å². The third-order valence-electron chi connectivity index (χ3n) is 3.06. The Labute approximate surface area is 117 Å². The highest BCUT2D eigenvalue weighted by atomic mass is 15.3. The Kier molecular flexibility index (Phi) is 3.33. The number of rotatable bonds is 4. The zero-order valence-electron chi connectivity index (χ0n) is 11.7. The average molecular weight is 267 g/mol. The van der Waals surface area contributed by atoms with E-state index in [4.69, 9.17) is 0 Å². The van der Waals surface area contributed by atoms with Gasteiger partial charge in [0.05, 0.1) is 11.2 Å². The molecule has 0 unspecified atom stereocenters. The Balaban J connectivity index is 2.17. The lowest BCUT2D eigenvalue weighted by atomic mass is 10.2. The molecule has 0 amide bonds. The van der Waals surface area contributed by atoms with Gasteiger partial charge in [0.2, 0.25) is 5.95 Å². The molecule has 0 saturated heterocycles. The van der Waals surface area contributed by atoms with Crippen LogP contribution in [0.4, 0.5) is 5.95 Å². The fraction of sp³-hybridized carbons (Fsp3) is 0.267. The summed E-state index contributed by atoms with van der Waals surface area (Å²) in [6.45, 7) is 4.94. The number of nitrogens with zero attached hydrogens (tertiary/aromatic N) is 4. The number of aryl methyl sites for hydroxylation is 1. The highest BCUT2D eigenvalue weighted by molar-refractivity contribution is 5.86. The van der Waals surface area contributed by atoms with Gasteiger partial charge in [-0.3, -0.25) is 0 Å². The standard InChI is InChI=1S/C15H17N5/c1-3-9-16-15-17-13-7-5-4-6-12(13)14(18-15)20-10-8-11(2)19-20/h4-8,10H,3,9H2,1-2H3,(H,16,17,18). The van der Waals surface area contributed by atoms with Crippen molar-refractivity contribution < 1.29 is 0 Å². The number of hydrogen-bond donors (Lipinski definition) is 1. The first-order valence-electron chi connectivity index (χ1n) is 6.81. The second-order valence-corrected chi connectivity index (χ2v) is 4.72. The largest absolute Gasteiger partial charge is 0.354 e. The first-order chi connectivity index (χ1) is 9.78. The van der Waals surface area contributed by atoms with Gasteiger partial charge in [-0.2, -0.15) is 10.1 Å². The highest BCUT2D eigenvalue weighted by Gasteiger charge is 2.09. The number of para-hydroxylation sites is 1. The molecule has 1 aromatic carbocycles. The Bertz CT molecular complexity index is 732. The van der Waals surface area contributed by atoms with E-state index >= 15 is 0 Å². The highest BCUT2D eigenvalue weighted by Crippen LogP contribution is 2.20. The molecule has 3 aromatic rings. The molecule has 102 valence electrons. The molecule has 2 heterocycles. The van der Waals surface area contributed by atoms with E-state index in [0.717, 1.165) is 35.4 Å². The minimum atomic E-state index is 0.647. The smallest absolute Gasteiger partial charge is 0.225 e. The van der Waals surface area contributed by atoms with Crippen LogP contribution in [0, 0.1) is 6.92 Å². The van der Waals surface area contributed by atoms with Gasteiger partial charge in [-0.15, -0.1) is 0 Å². The Hall–Kier alpha value is -2.43. The molecular weight excluding hydrogens is 250 g/mol. The molecule has 1 N–H and O–H groups in total. The van der Waals surface area contributed by atoms with Crippen LogP contribution in [-0.4, -0.2) is 26.3 Å². The van der Waals surface area contributed by atoms with Gasteiger partial charge >= 0.3 is 0 Å². The van der Waals surface area contributed by atoms with Gasteiger partial charge in [0.15, 0.2) is 5.82 Å². The van der Waals surface area contributed by atoms with Crippen molar-refractivity contribution in [2.45, 2.75) is 20.3 Å². The van der Waals surface area contributed by atoms with Crippen LogP contribution >= 0.6 is 0 Å². The van der Waals surface area contributed by atoms with Crippen LogP contribution in [0.25, 0.3) is 16.7 Å². The lowest BCUT2D eigenvalue weighted by molar-refractivity contribution is 0.834. The number of hydrogen-bond acceptors (Lipinski definition) is 4. The number of anilines is 1. The van der Waals surface area contributed by atoms with Crippen molar-refractivity contribution in [3.63, 3.8) is 0 Å². The molecule has 0 atom stereocenters. The van der Waals surface area contributed by atoms with Crippen molar-refractivity contribution in [3.8, 4) is 5.82 Å². The van der Waals surface area contributed by atoms with E-state index in [1.165, 1.54) is 0 Å². The van der Waals surface area contributed by atoms with E-state index < -0.39 is 0 Å². The number of aromatic nitrogens is 4. The fourth-order valence-electron chi connectivity index (χ4n) is 2.08. The summed E-state index contributed by atoms with van der Waals surface area (Å²) in [4.78, 5) is 9.14. The van der Waals surface area contributed by atoms with Crippen LogP contribution in [-0.2, 0) is 0 Å². The third-order valence-corrected chi connectivity index (χ3v) is 3.06. The topological polar surface area (TPSA) is 55.6 Å². The molecule has 0 bridgehead atoms. The van der Waals surface area contributed by atoms with Crippen LogP contribution in [0.15, 0.2) is 36.5 Å². The van der Waals surface area contributed by atoms with Crippen LogP contribution in [0.2, 0.25) is 0 Å². The summed E-state index contributed by atoms with van der Waals surface area (Å²) in [5, 5.41) is 8.69. The van der Waals surface area contributed by atoms with Crippen molar-refractivity contribution in [2.75, 3.05) is 11.9 Å². The summed E-state index contributed by atoms with van der Waals surface area (Å²) >= 11 is 0. The van der Waals surface area contributed by atoms with Crippen LogP contribution < -0.4 is 5.32 Å². The molecule has 0 spiro atoms. The van der Waals surface area contributed by atoms with Crippen LogP contribution in [0.5, 0.6) is 0 Å². The maximum absolute atomic E-state index is 4.60. The Morgan fingerprint density at radius 1 is 1.15 bits per heavy atom. The molecule has 0 saturated carbocycles. The van der Waals surface area contributed by atoms with Crippen molar-refractivity contribution >= 4 is 16.9 Å². The monoisotopic (exact) mass is 267 g/mol. The van der Waals surface area contributed by atoms with Gasteiger partial charge in [-0.25, -0.2) is 9.67 Å². The van der Waals surface area contributed by atoms with Crippen LogP contribution in [0.3, 0.4) is 0 Å². The Morgan fingerprint density at radius 2 is 2.00 bits per heavy atom. The molecule has 5 heteroatoms. The molecule has 3 rings (SSSR count). The molecule has 20 heavy (non-hydrogen) atoms. The van der Waals surface area contributed by atoms with E-state index in [1.54, 1.807) is 4.68 Å². The van der Waals surface area contributed by atoms with Crippen molar-refractivity contribution in [3.05, 3.63) is 42.2 Å². The minimum absolute atomic E-state index is 0.647. The van der Waals surface area contributed by atoms with Gasteiger partial charge in [0, 0.05) is 18.1 Å². The average Bonchev–Trinajstić information content (AvgIpc) is 2.90. The van der Waals surface area contributed by atoms with Gasteiger partial charge in [0.25, 0.3) is 0 Å². The molecular formula is C15H17N5. The lowest BCUT2D eigenvalue weighted by Gasteiger charge is -2.09. The SMILES string of the molecule is CCCNc1nc(-n2ccc(C)n2)c2ccccc2n1. The third kappa shape index (κ3) is 2.34. The minimum Gasteiger partial charge on any atom is -0.354 e. The molecule has 0 aliphatic carbocycles. The molecule has 2 aromatic heterocycles. The van der Waals surface area contributed by atoms with E-state index in [9.17, 15) is 0 Å². The van der Waals surface area contributed by atoms with Crippen molar-refractivity contribution in [1.29, 1.82) is 0 Å². The van der Waals surface area contributed by atoms with E-state index in [0.29, 0.717) is 5.95 Å². The normalized spacial score (nSPS) is 10.9. The maximum Gasteiger partial charge on any atom is 0.225 e.